The maximum absolute atomic E-state index is 13.1. The Balaban J connectivity index is 1.71. The molecule has 1 fully saturated rings. The highest BCUT2D eigenvalue weighted by atomic mass is 19.1. The molecular weight excluding hydrogens is 377 g/mol. The largest absolute Gasteiger partial charge is 0.502 e. The zero-order chi connectivity index (χ0) is 20.7. The topological polar surface area (TPSA) is 87.7 Å². The van der Waals surface area contributed by atoms with Crippen molar-refractivity contribution in [1.82, 2.24) is 14.0 Å². The van der Waals surface area contributed by atoms with Gasteiger partial charge < -0.3 is 15.1 Å². The normalized spacial score (nSPS) is 21.9. The van der Waals surface area contributed by atoms with Crippen LogP contribution in [0.25, 0.3) is 5.70 Å². The van der Waals surface area contributed by atoms with E-state index in [-0.39, 0.29) is 18.1 Å². The first-order chi connectivity index (χ1) is 13.9. The molecular formula is C21H24FN3O4. The predicted molar refractivity (Wildman–Crippen MR) is 106 cm³/mol. The van der Waals surface area contributed by atoms with Crippen LogP contribution in [0.3, 0.4) is 0 Å². The summed E-state index contributed by atoms with van der Waals surface area (Å²) in [5, 5.41) is 20.9. The average molecular weight is 401 g/mol. The quantitative estimate of drug-likeness (QED) is 0.819. The second-order valence-electron chi connectivity index (χ2n) is 7.72. The zero-order valence-electron chi connectivity index (χ0n) is 16.1. The molecule has 2 aromatic rings. The van der Waals surface area contributed by atoms with Crippen molar-refractivity contribution in [2.75, 3.05) is 6.54 Å². The molecule has 1 aliphatic carbocycles. The average Bonchev–Trinajstić information content (AvgIpc) is 2.71. The number of halogens is 1. The van der Waals surface area contributed by atoms with Crippen LogP contribution < -0.4 is 11.2 Å². The van der Waals surface area contributed by atoms with Gasteiger partial charge in [0.2, 0.25) is 5.75 Å². The minimum Gasteiger partial charge on any atom is -0.502 e. The molecule has 2 N–H and O–H groups in total. The molecule has 8 heteroatoms. The van der Waals surface area contributed by atoms with Gasteiger partial charge in [0, 0.05) is 19.6 Å². The molecule has 154 valence electrons. The summed E-state index contributed by atoms with van der Waals surface area (Å²) in [5.74, 6) is -0.859. The third-order valence-electron chi connectivity index (χ3n) is 5.91. The Morgan fingerprint density at radius 3 is 2.48 bits per heavy atom. The second kappa shape index (κ2) is 7.51. The summed E-state index contributed by atoms with van der Waals surface area (Å²) in [4.78, 5) is 27.8. The Morgan fingerprint density at radius 1 is 1.10 bits per heavy atom. The van der Waals surface area contributed by atoms with Crippen molar-refractivity contribution in [3.05, 3.63) is 68.8 Å². The first-order valence-corrected chi connectivity index (χ1v) is 9.83. The van der Waals surface area contributed by atoms with Gasteiger partial charge in [0.15, 0.2) is 0 Å². The van der Waals surface area contributed by atoms with Crippen LogP contribution in [0.5, 0.6) is 5.75 Å². The molecule has 1 aromatic carbocycles. The third-order valence-corrected chi connectivity index (χ3v) is 5.91. The molecule has 0 bridgehead atoms. The van der Waals surface area contributed by atoms with E-state index < -0.39 is 29.1 Å². The van der Waals surface area contributed by atoms with Crippen molar-refractivity contribution in [2.24, 2.45) is 0 Å². The lowest BCUT2D eigenvalue weighted by atomic mass is 9.92. The number of fused-ring (bicyclic) bond motifs is 1. The van der Waals surface area contributed by atoms with Crippen molar-refractivity contribution >= 4 is 5.70 Å². The van der Waals surface area contributed by atoms with Gasteiger partial charge in [-0.3, -0.25) is 13.9 Å². The number of aromatic hydroxyl groups is 1. The first kappa shape index (κ1) is 19.4. The van der Waals surface area contributed by atoms with Crippen molar-refractivity contribution in [3.8, 4) is 5.75 Å². The number of hydrogen-bond donors (Lipinski definition) is 2. The van der Waals surface area contributed by atoms with E-state index in [9.17, 15) is 24.2 Å². The highest BCUT2D eigenvalue weighted by molar-refractivity contribution is 5.64. The van der Waals surface area contributed by atoms with Crippen LogP contribution in [0.4, 0.5) is 4.39 Å². The molecule has 0 amide bonds. The monoisotopic (exact) mass is 401 g/mol. The number of aliphatic hydroxyl groups is 1. The minimum absolute atomic E-state index is 0.106. The molecule has 1 aliphatic heterocycles. The Morgan fingerprint density at radius 2 is 1.79 bits per heavy atom. The molecule has 4 rings (SSSR count). The van der Waals surface area contributed by atoms with Gasteiger partial charge in [-0.2, -0.15) is 0 Å². The maximum atomic E-state index is 13.1. The lowest BCUT2D eigenvalue weighted by Gasteiger charge is -2.35. The van der Waals surface area contributed by atoms with Crippen molar-refractivity contribution in [3.63, 3.8) is 0 Å². The number of hydrogen-bond acceptors (Lipinski definition) is 5. The van der Waals surface area contributed by atoms with Crippen molar-refractivity contribution in [2.45, 2.75) is 50.9 Å². The molecule has 0 spiro atoms. The number of rotatable bonds is 3. The lowest BCUT2D eigenvalue weighted by Crippen LogP contribution is -2.49. The molecule has 7 nitrogen and oxygen atoms in total. The SMILES string of the molecule is C=C1c2c(O)c(=O)n([C@@H]3CCCC[C@@H]3O)c(=O)n2CCN1Cc1ccc(F)cc1. The molecule has 0 saturated heterocycles. The van der Waals surface area contributed by atoms with Gasteiger partial charge in [-0.15, -0.1) is 0 Å². The van der Waals surface area contributed by atoms with Crippen LogP contribution in [0.2, 0.25) is 0 Å². The van der Waals surface area contributed by atoms with Gasteiger partial charge >= 0.3 is 5.69 Å². The molecule has 0 radical (unpaired) electrons. The van der Waals surface area contributed by atoms with Gasteiger partial charge in [-0.1, -0.05) is 31.6 Å². The molecule has 1 aromatic heterocycles. The van der Waals surface area contributed by atoms with Crippen LogP contribution in [-0.2, 0) is 13.1 Å². The standard InChI is InChI=1S/C21H24FN3O4/c1-13-18-19(27)20(28)25(16-4-2-3-5-17(16)26)21(29)24(18)11-10-23(13)12-14-6-8-15(22)9-7-14/h6-9,16-17,26-27H,1-5,10-12H2/t16-,17+/m1/s1. The number of benzene rings is 1. The van der Waals surface area contributed by atoms with Crippen LogP contribution in [0, 0.1) is 5.82 Å². The third kappa shape index (κ3) is 3.37. The number of aliphatic hydroxyl groups excluding tert-OH is 1. The molecule has 0 unspecified atom stereocenters. The summed E-state index contributed by atoms with van der Waals surface area (Å²) in [6.07, 6.45) is 1.92. The van der Waals surface area contributed by atoms with Crippen LogP contribution in [0.1, 0.15) is 43.0 Å². The van der Waals surface area contributed by atoms with E-state index in [0.717, 1.165) is 23.0 Å². The summed E-state index contributed by atoms with van der Waals surface area (Å²) in [7, 11) is 0. The number of nitrogens with zero attached hydrogens (tertiary/aromatic N) is 3. The van der Waals surface area contributed by atoms with E-state index in [1.54, 1.807) is 12.1 Å². The van der Waals surface area contributed by atoms with E-state index in [2.05, 4.69) is 6.58 Å². The Hall–Kier alpha value is -2.87. The van der Waals surface area contributed by atoms with Crippen LogP contribution >= 0.6 is 0 Å². The molecule has 29 heavy (non-hydrogen) atoms. The van der Waals surface area contributed by atoms with Gasteiger partial charge in [0.1, 0.15) is 11.5 Å². The van der Waals surface area contributed by atoms with Gasteiger partial charge in [-0.25, -0.2) is 9.18 Å². The smallest absolute Gasteiger partial charge is 0.332 e. The van der Waals surface area contributed by atoms with Crippen molar-refractivity contribution < 1.29 is 14.6 Å². The first-order valence-electron chi connectivity index (χ1n) is 9.83. The lowest BCUT2D eigenvalue weighted by molar-refractivity contribution is 0.0698. The van der Waals surface area contributed by atoms with E-state index in [1.165, 1.54) is 16.7 Å². The van der Waals surface area contributed by atoms with Crippen LogP contribution in [-0.4, -0.2) is 36.9 Å². The number of aromatic nitrogens is 2. The summed E-state index contributed by atoms with van der Waals surface area (Å²) < 4.78 is 15.5. The fourth-order valence-corrected chi connectivity index (χ4v) is 4.33. The summed E-state index contributed by atoms with van der Waals surface area (Å²) in [5.41, 5.74) is -0.00616. The van der Waals surface area contributed by atoms with E-state index >= 15 is 0 Å². The highest BCUT2D eigenvalue weighted by Crippen LogP contribution is 2.31. The molecule has 1 saturated carbocycles. The van der Waals surface area contributed by atoms with Gasteiger partial charge in [0.05, 0.1) is 17.8 Å². The molecule has 2 aliphatic rings. The second-order valence-corrected chi connectivity index (χ2v) is 7.72. The van der Waals surface area contributed by atoms with Crippen molar-refractivity contribution in [1.29, 1.82) is 0 Å². The van der Waals surface area contributed by atoms with Gasteiger partial charge in [-0.05, 0) is 30.5 Å². The summed E-state index contributed by atoms with van der Waals surface area (Å²) in [6, 6.07) is 5.43. The van der Waals surface area contributed by atoms with Crippen LogP contribution in [0.15, 0.2) is 40.4 Å². The summed E-state index contributed by atoms with van der Waals surface area (Å²) >= 11 is 0. The summed E-state index contributed by atoms with van der Waals surface area (Å²) in [6.45, 7) is 5.12. The minimum atomic E-state index is -0.794. The zero-order valence-corrected chi connectivity index (χ0v) is 16.1. The van der Waals surface area contributed by atoms with E-state index in [0.29, 0.717) is 31.6 Å². The highest BCUT2D eigenvalue weighted by Gasteiger charge is 2.33. The fraction of sp³-hybridized carbons (Fsp3) is 0.429. The van der Waals surface area contributed by atoms with E-state index in [4.69, 9.17) is 0 Å². The van der Waals surface area contributed by atoms with E-state index in [1.807, 2.05) is 4.90 Å². The Kier molecular flexibility index (Phi) is 5.04. The van der Waals surface area contributed by atoms with Gasteiger partial charge in [0.25, 0.3) is 5.56 Å². The Labute approximate surface area is 166 Å². The molecule has 2 atom stereocenters. The maximum Gasteiger partial charge on any atom is 0.332 e. The molecule has 2 heterocycles. The predicted octanol–water partition coefficient (Wildman–Crippen LogP) is 1.82. The fourth-order valence-electron chi connectivity index (χ4n) is 4.33. The Bertz CT molecular complexity index is 1060.